The first-order chi connectivity index (χ1) is 10.9. The first-order valence-electron chi connectivity index (χ1n) is 8.26. The molecule has 0 aliphatic carbocycles. The summed E-state index contributed by atoms with van der Waals surface area (Å²) >= 11 is 2.10. The highest BCUT2D eigenvalue weighted by Crippen LogP contribution is 2.37. The van der Waals surface area contributed by atoms with Gasteiger partial charge in [0.1, 0.15) is 0 Å². The number of hydrogen-bond donors (Lipinski definition) is 0. The van der Waals surface area contributed by atoms with Gasteiger partial charge in [-0.05, 0) is 54.0 Å². The van der Waals surface area contributed by atoms with E-state index < -0.39 is 0 Å². The minimum atomic E-state index is 0.160. The molecule has 2 aromatic rings. The number of benzene rings is 2. The van der Waals surface area contributed by atoms with Gasteiger partial charge < -0.3 is 0 Å². The van der Waals surface area contributed by atoms with Crippen LogP contribution < -0.4 is 0 Å². The van der Waals surface area contributed by atoms with Crippen LogP contribution in [0.4, 0.5) is 0 Å². The summed E-state index contributed by atoms with van der Waals surface area (Å²) in [5.41, 5.74) is 3.00. The van der Waals surface area contributed by atoms with Gasteiger partial charge in [0.15, 0.2) is 0 Å². The van der Waals surface area contributed by atoms with Crippen LogP contribution in [0.1, 0.15) is 18.1 Å². The molecule has 2 heteroatoms. The zero-order valence-electron chi connectivity index (χ0n) is 13.6. The Morgan fingerprint density at radius 1 is 0.727 bits per heavy atom. The average Bonchev–Trinajstić information content (AvgIpc) is 2.59. The lowest BCUT2D eigenvalue weighted by atomic mass is 10.2. The summed E-state index contributed by atoms with van der Waals surface area (Å²) in [6.07, 6.45) is 6.69. The quantitative estimate of drug-likeness (QED) is 0.397. The predicted octanol–water partition coefficient (Wildman–Crippen LogP) is 5.71. The summed E-state index contributed by atoms with van der Waals surface area (Å²) in [5, 5.41) is 0. The molecule has 0 unspecified atom stereocenters. The maximum atomic E-state index is 2.27. The van der Waals surface area contributed by atoms with Crippen LogP contribution in [0.5, 0.6) is 0 Å². The van der Waals surface area contributed by atoms with Crippen molar-refractivity contribution in [1.82, 2.24) is 0 Å². The van der Waals surface area contributed by atoms with E-state index in [0.717, 1.165) is 0 Å². The van der Waals surface area contributed by atoms with Crippen LogP contribution in [0.2, 0.25) is 0 Å². The molecule has 0 heterocycles. The minimum absolute atomic E-state index is 0.160. The minimum Gasteiger partial charge on any atom is -0.162 e. The molecule has 0 nitrogen and oxygen atoms in total. The Kier molecular flexibility index (Phi) is 8.68. The van der Waals surface area contributed by atoms with Gasteiger partial charge in [-0.15, -0.1) is 7.92 Å². The second kappa shape index (κ2) is 10.9. The second-order valence-corrected chi connectivity index (χ2v) is 9.59. The van der Waals surface area contributed by atoms with E-state index in [-0.39, 0.29) is 7.92 Å². The molecule has 0 spiro atoms. The average molecular weight is 330 g/mol. The standard InChI is InChI=1S/C20H27PS/c1-2-22-18-17-21(15-13-19-9-5-3-6-10-19)16-14-20-11-7-4-8-12-20/h3-12H,2,13-18H2,1H3. The molecule has 0 N–H and O–H groups in total. The van der Waals surface area contributed by atoms with E-state index in [9.17, 15) is 0 Å². The van der Waals surface area contributed by atoms with Crippen molar-refractivity contribution in [3.05, 3.63) is 71.8 Å². The van der Waals surface area contributed by atoms with E-state index in [4.69, 9.17) is 0 Å². The highest BCUT2D eigenvalue weighted by molar-refractivity contribution is 7.99. The van der Waals surface area contributed by atoms with Gasteiger partial charge >= 0.3 is 0 Å². The van der Waals surface area contributed by atoms with Gasteiger partial charge in [0.05, 0.1) is 0 Å². The summed E-state index contributed by atoms with van der Waals surface area (Å²) in [6.45, 7) is 2.26. The Hall–Kier alpha value is -0.780. The topological polar surface area (TPSA) is 0 Å². The van der Waals surface area contributed by atoms with Crippen molar-refractivity contribution in [1.29, 1.82) is 0 Å². The number of thioether (sulfide) groups is 1. The number of hydrogen-bond acceptors (Lipinski definition) is 1. The van der Waals surface area contributed by atoms with Crippen LogP contribution >= 0.6 is 19.7 Å². The Morgan fingerprint density at radius 2 is 1.23 bits per heavy atom. The first-order valence-corrected chi connectivity index (χ1v) is 11.3. The maximum absolute atomic E-state index is 2.27. The summed E-state index contributed by atoms with van der Waals surface area (Å²) in [6, 6.07) is 21.9. The zero-order chi connectivity index (χ0) is 15.5. The molecule has 0 atom stereocenters. The van der Waals surface area contributed by atoms with Crippen molar-refractivity contribution in [2.75, 3.05) is 30.0 Å². The fourth-order valence-corrected chi connectivity index (χ4v) is 6.19. The molecular weight excluding hydrogens is 303 g/mol. The van der Waals surface area contributed by atoms with Crippen molar-refractivity contribution < 1.29 is 0 Å². The summed E-state index contributed by atoms with van der Waals surface area (Å²) in [7, 11) is 0.160. The third-order valence-corrected chi connectivity index (χ3v) is 7.65. The van der Waals surface area contributed by atoms with Gasteiger partial charge in [-0.3, -0.25) is 0 Å². The Labute approximate surface area is 141 Å². The van der Waals surface area contributed by atoms with Gasteiger partial charge in [-0.1, -0.05) is 67.6 Å². The maximum Gasteiger partial charge on any atom is -0.00282 e. The Morgan fingerprint density at radius 3 is 1.68 bits per heavy atom. The molecule has 0 aliphatic rings. The second-order valence-electron chi connectivity index (χ2n) is 5.51. The molecule has 2 rings (SSSR count). The molecule has 0 bridgehead atoms. The van der Waals surface area contributed by atoms with Crippen LogP contribution in [0.3, 0.4) is 0 Å². The molecule has 2 aromatic carbocycles. The van der Waals surface area contributed by atoms with Crippen molar-refractivity contribution in [2.24, 2.45) is 0 Å². The first kappa shape index (κ1) is 17.6. The fourth-order valence-electron chi connectivity index (χ4n) is 2.54. The Balaban J connectivity index is 1.82. The number of rotatable bonds is 10. The molecule has 0 aliphatic heterocycles. The molecule has 0 saturated heterocycles. The van der Waals surface area contributed by atoms with Crippen molar-refractivity contribution in [3.63, 3.8) is 0 Å². The lowest BCUT2D eigenvalue weighted by Gasteiger charge is -2.18. The van der Waals surface area contributed by atoms with Crippen LogP contribution in [0.15, 0.2) is 60.7 Å². The summed E-state index contributed by atoms with van der Waals surface area (Å²) in [5.74, 6) is 2.59. The highest BCUT2D eigenvalue weighted by Gasteiger charge is 2.08. The molecule has 0 radical (unpaired) electrons. The van der Waals surface area contributed by atoms with Crippen LogP contribution in [0, 0.1) is 0 Å². The molecule has 0 fully saturated rings. The third-order valence-electron chi connectivity index (χ3n) is 3.88. The van der Waals surface area contributed by atoms with E-state index in [1.165, 1.54) is 54.0 Å². The van der Waals surface area contributed by atoms with Gasteiger partial charge in [0.25, 0.3) is 0 Å². The van der Waals surface area contributed by atoms with E-state index in [1.807, 2.05) is 0 Å². The summed E-state index contributed by atoms with van der Waals surface area (Å²) in [4.78, 5) is 0. The van der Waals surface area contributed by atoms with Crippen molar-refractivity contribution in [3.8, 4) is 0 Å². The Bertz CT molecular complexity index is 454. The van der Waals surface area contributed by atoms with Gasteiger partial charge in [0.2, 0.25) is 0 Å². The molecule has 0 amide bonds. The molecular formula is C20H27PS. The van der Waals surface area contributed by atoms with E-state index in [2.05, 4.69) is 79.3 Å². The molecule has 0 aromatic heterocycles. The fraction of sp³-hybridized carbons (Fsp3) is 0.400. The van der Waals surface area contributed by atoms with Crippen LogP contribution in [0.25, 0.3) is 0 Å². The third kappa shape index (κ3) is 6.99. The molecule has 118 valence electrons. The zero-order valence-corrected chi connectivity index (χ0v) is 15.3. The van der Waals surface area contributed by atoms with E-state index in [0.29, 0.717) is 0 Å². The van der Waals surface area contributed by atoms with E-state index >= 15 is 0 Å². The monoisotopic (exact) mass is 330 g/mol. The van der Waals surface area contributed by atoms with Crippen LogP contribution in [-0.4, -0.2) is 30.0 Å². The molecule has 0 saturated carbocycles. The smallest absolute Gasteiger partial charge is 0.00282 e. The lowest BCUT2D eigenvalue weighted by Crippen LogP contribution is -2.02. The predicted molar refractivity (Wildman–Crippen MR) is 105 cm³/mol. The van der Waals surface area contributed by atoms with Gasteiger partial charge in [-0.2, -0.15) is 11.8 Å². The number of aryl methyl sites for hydroxylation is 2. The lowest BCUT2D eigenvalue weighted by molar-refractivity contribution is 1.09. The van der Waals surface area contributed by atoms with Crippen LogP contribution in [-0.2, 0) is 12.8 Å². The largest absolute Gasteiger partial charge is 0.162 e. The van der Waals surface area contributed by atoms with E-state index in [1.54, 1.807) is 0 Å². The molecule has 22 heavy (non-hydrogen) atoms. The van der Waals surface area contributed by atoms with Gasteiger partial charge in [-0.25, -0.2) is 0 Å². The normalized spacial score (nSPS) is 11.0. The SMILES string of the molecule is CCSCCP(CCc1ccccc1)CCc1ccccc1. The van der Waals surface area contributed by atoms with Crippen molar-refractivity contribution >= 4 is 19.7 Å². The highest BCUT2D eigenvalue weighted by atomic mass is 32.2. The van der Waals surface area contributed by atoms with Crippen molar-refractivity contribution in [2.45, 2.75) is 19.8 Å². The van der Waals surface area contributed by atoms with Gasteiger partial charge in [0, 0.05) is 0 Å². The summed E-state index contributed by atoms with van der Waals surface area (Å²) < 4.78 is 0.